The van der Waals surface area contributed by atoms with Crippen molar-refractivity contribution in [1.29, 1.82) is 0 Å². The Labute approximate surface area is 96.0 Å². The van der Waals surface area contributed by atoms with Crippen LogP contribution in [-0.2, 0) is 0 Å². The van der Waals surface area contributed by atoms with E-state index in [1.165, 1.54) is 0 Å². The molecule has 0 aromatic heterocycles. The van der Waals surface area contributed by atoms with Crippen LogP contribution < -0.4 is 17.0 Å². The molecule has 74 valence electrons. The third-order valence-electron chi connectivity index (χ3n) is 1.89. The molecule has 2 heteroatoms. The van der Waals surface area contributed by atoms with E-state index < -0.39 is 19.8 Å². The minimum Gasteiger partial charge on any atom is -1.00 e. The van der Waals surface area contributed by atoms with Crippen molar-refractivity contribution in [2.75, 3.05) is 0 Å². The Morgan fingerprint density at radius 2 is 1.25 bits per heavy atom. The fourth-order valence-corrected chi connectivity index (χ4v) is 10.2. The smallest absolute Gasteiger partial charge is 1.00 e. The van der Waals surface area contributed by atoms with E-state index in [-0.39, 0.29) is 17.0 Å². The van der Waals surface area contributed by atoms with Crippen molar-refractivity contribution >= 4 is 19.8 Å². The monoisotopic (exact) mass is 342 g/mol. The normalized spacial score (nSPS) is 10.2. The zero-order chi connectivity index (χ0) is 8.85. The van der Waals surface area contributed by atoms with Gasteiger partial charge in [0.15, 0.2) is 0 Å². The predicted octanol–water partition coefficient (Wildman–Crippen LogP) is 0.817. The first-order chi connectivity index (χ1) is 5.06. The van der Waals surface area contributed by atoms with Gasteiger partial charge in [-0.2, -0.15) is 0 Å². The Balaban J connectivity index is 0. The minimum absolute atomic E-state index is 0. The Hall–Kier alpha value is 1.28. The third-order valence-corrected chi connectivity index (χ3v) is 12.7. The van der Waals surface area contributed by atoms with E-state index in [2.05, 4.69) is 34.6 Å². The van der Waals surface area contributed by atoms with Crippen LogP contribution in [0.1, 0.15) is 34.6 Å². The average molecular weight is 342 g/mol. The topological polar surface area (TPSA) is 0 Å². The molecule has 0 saturated heterocycles. The maximum absolute atomic E-state index is 2.40. The molecule has 0 radical (unpaired) electrons. The Morgan fingerprint density at radius 3 is 1.42 bits per heavy atom. The van der Waals surface area contributed by atoms with Crippen LogP contribution in [0.2, 0.25) is 13.3 Å². The van der Waals surface area contributed by atoms with Crippen LogP contribution in [0.3, 0.4) is 0 Å². The summed E-state index contributed by atoms with van der Waals surface area (Å²) < 4.78 is 4.77. The van der Waals surface area contributed by atoms with Crippen LogP contribution >= 0.6 is 0 Å². The summed E-state index contributed by atoms with van der Waals surface area (Å²) in [7, 11) is 0. The molecule has 0 unspecified atom stereocenters. The maximum Gasteiger partial charge on any atom is -1.00 e. The summed E-state index contributed by atoms with van der Waals surface area (Å²) in [6, 6.07) is 0. The van der Waals surface area contributed by atoms with Gasteiger partial charge in [-0.3, -0.25) is 0 Å². The zero-order valence-electron chi connectivity index (χ0n) is 9.15. The molecule has 0 aromatic rings. The number of rotatable bonds is 5. The third kappa shape index (κ3) is 9.37. The molecule has 0 rings (SSSR count). The second kappa shape index (κ2) is 8.86. The molecule has 0 N–H and O–H groups in total. The summed E-state index contributed by atoms with van der Waals surface area (Å²) in [4.78, 5) is 0. The summed E-state index contributed by atoms with van der Waals surface area (Å²) in [5.74, 6) is 1.92. The van der Waals surface area contributed by atoms with E-state index in [1.807, 2.05) is 0 Å². The molecule has 0 aliphatic heterocycles. The SMILES string of the molecule is C[CH2][Sn+]([CH2]C(C)C)[CH2]C(C)C.[Br-]. The van der Waals surface area contributed by atoms with Crippen molar-refractivity contribution in [3.63, 3.8) is 0 Å². The van der Waals surface area contributed by atoms with Crippen LogP contribution in [-0.4, -0.2) is 19.8 Å². The Bertz CT molecular complexity index is 81.8. The van der Waals surface area contributed by atoms with Gasteiger partial charge in [0.05, 0.1) is 0 Å². The molecular formula is C10H23BrSn. The molecular weight excluding hydrogens is 319 g/mol. The van der Waals surface area contributed by atoms with Gasteiger partial charge in [-0.05, 0) is 0 Å². The second-order valence-corrected chi connectivity index (χ2v) is 12.9. The van der Waals surface area contributed by atoms with E-state index in [9.17, 15) is 0 Å². The van der Waals surface area contributed by atoms with Crippen LogP contribution in [0, 0.1) is 11.8 Å². The fraction of sp³-hybridized carbons (Fsp3) is 1.00. The van der Waals surface area contributed by atoms with Gasteiger partial charge in [0.25, 0.3) is 0 Å². The largest absolute Gasteiger partial charge is 1.00 e. The molecule has 0 heterocycles. The van der Waals surface area contributed by atoms with Gasteiger partial charge in [0.1, 0.15) is 0 Å². The first-order valence-corrected chi connectivity index (χ1v) is 10.9. The summed E-state index contributed by atoms with van der Waals surface area (Å²) >= 11 is -0.868. The van der Waals surface area contributed by atoms with Crippen LogP contribution in [0.15, 0.2) is 0 Å². The molecule has 0 amide bonds. The molecule has 0 bridgehead atoms. The zero-order valence-corrected chi connectivity index (χ0v) is 13.6. The van der Waals surface area contributed by atoms with Gasteiger partial charge in [0, 0.05) is 0 Å². The molecule has 0 nitrogen and oxygen atoms in total. The van der Waals surface area contributed by atoms with Crippen molar-refractivity contribution in [3.8, 4) is 0 Å². The van der Waals surface area contributed by atoms with E-state index in [0.717, 1.165) is 11.8 Å². The standard InChI is InChI=1S/2C4H9.C2H5.BrH.Sn/c2*1-4(2)3;1-2;;/h2*4H,1H2,2-3H3;1H2,2H3;1H;/q;;;;+1/p-1. The van der Waals surface area contributed by atoms with Crippen molar-refractivity contribution < 1.29 is 17.0 Å². The van der Waals surface area contributed by atoms with Crippen molar-refractivity contribution in [1.82, 2.24) is 0 Å². The molecule has 0 aliphatic carbocycles. The molecule has 12 heavy (non-hydrogen) atoms. The van der Waals surface area contributed by atoms with Gasteiger partial charge in [-0.15, -0.1) is 0 Å². The molecule has 0 atom stereocenters. The van der Waals surface area contributed by atoms with Crippen LogP contribution in [0.5, 0.6) is 0 Å². The average Bonchev–Trinajstić information content (AvgIpc) is 1.84. The number of halogens is 1. The quantitative estimate of drug-likeness (QED) is 0.649. The molecule has 0 spiro atoms. The van der Waals surface area contributed by atoms with Gasteiger partial charge in [0.2, 0.25) is 0 Å². The van der Waals surface area contributed by atoms with E-state index >= 15 is 0 Å². The molecule has 0 aromatic carbocycles. The van der Waals surface area contributed by atoms with Gasteiger partial charge < -0.3 is 17.0 Å². The summed E-state index contributed by atoms with van der Waals surface area (Å²) in [5.41, 5.74) is 0. The summed E-state index contributed by atoms with van der Waals surface area (Å²) in [5, 5.41) is 0. The molecule has 0 fully saturated rings. The van der Waals surface area contributed by atoms with Gasteiger partial charge >= 0.3 is 79.5 Å². The predicted molar refractivity (Wildman–Crippen MR) is 55.5 cm³/mol. The summed E-state index contributed by atoms with van der Waals surface area (Å²) in [6.45, 7) is 11.9. The first-order valence-electron chi connectivity index (χ1n) is 4.89. The van der Waals surface area contributed by atoms with E-state index in [0.29, 0.717) is 0 Å². The Morgan fingerprint density at radius 1 is 0.917 bits per heavy atom. The molecule has 0 saturated carbocycles. The van der Waals surface area contributed by atoms with Crippen molar-refractivity contribution in [3.05, 3.63) is 0 Å². The summed E-state index contributed by atoms with van der Waals surface area (Å²) in [6.07, 6.45) is 0. The van der Waals surface area contributed by atoms with E-state index in [4.69, 9.17) is 0 Å². The van der Waals surface area contributed by atoms with Crippen molar-refractivity contribution in [2.24, 2.45) is 11.8 Å². The minimum atomic E-state index is -0.868. The molecule has 0 aliphatic rings. The van der Waals surface area contributed by atoms with Gasteiger partial charge in [-0.1, -0.05) is 0 Å². The number of hydrogen-bond donors (Lipinski definition) is 0. The fourth-order valence-electron chi connectivity index (χ4n) is 1.53. The second-order valence-electron chi connectivity index (χ2n) is 4.30. The van der Waals surface area contributed by atoms with Gasteiger partial charge in [-0.25, -0.2) is 0 Å². The van der Waals surface area contributed by atoms with E-state index in [1.54, 1.807) is 13.3 Å². The Kier molecular flexibility index (Phi) is 11.6. The maximum atomic E-state index is 2.40. The number of hydrogen-bond acceptors (Lipinski definition) is 0. The van der Waals surface area contributed by atoms with Crippen LogP contribution in [0.4, 0.5) is 0 Å². The first kappa shape index (κ1) is 15.7. The van der Waals surface area contributed by atoms with Crippen LogP contribution in [0.25, 0.3) is 0 Å². The van der Waals surface area contributed by atoms with Crippen molar-refractivity contribution in [2.45, 2.75) is 47.9 Å².